The number of hydrogen-bond donors (Lipinski definition) is 2. The summed E-state index contributed by atoms with van der Waals surface area (Å²) in [5.41, 5.74) is 2.96. The number of nitrogens with one attached hydrogen (secondary N) is 2. The van der Waals surface area contributed by atoms with Crippen LogP contribution in [0.15, 0.2) is 35.3 Å². The first kappa shape index (κ1) is 19.5. The van der Waals surface area contributed by atoms with Crippen LogP contribution in [0.3, 0.4) is 0 Å². The number of H-pyrrole nitrogens is 1. The van der Waals surface area contributed by atoms with Gasteiger partial charge in [0.05, 0.1) is 12.2 Å². The van der Waals surface area contributed by atoms with E-state index in [4.69, 9.17) is 0 Å². The number of nitrogens with zero attached hydrogens (tertiary/aromatic N) is 4. The first-order valence-corrected chi connectivity index (χ1v) is 10.6. The van der Waals surface area contributed by atoms with Crippen LogP contribution >= 0.6 is 0 Å². The molecule has 9 heteroatoms. The number of carbonyl (C=O) groups is 2. The summed E-state index contributed by atoms with van der Waals surface area (Å²) in [6.07, 6.45) is 4.70. The van der Waals surface area contributed by atoms with Crippen LogP contribution in [-0.4, -0.2) is 49.6 Å². The molecule has 0 spiro atoms. The Bertz CT molecular complexity index is 1220. The van der Waals surface area contributed by atoms with Crippen molar-refractivity contribution in [1.82, 2.24) is 30.0 Å². The van der Waals surface area contributed by atoms with Crippen molar-refractivity contribution in [2.45, 2.75) is 38.6 Å². The summed E-state index contributed by atoms with van der Waals surface area (Å²) in [4.78, 5) is 42.4. The van der Waals surface area contributed by atoms with Crippen molar-refractivity contribution < 1.29 is 9.59 Å². The Hall–Kier alpha value is -3.49. The third kappa shape index (κ3) is 3.49. The normalized spacial score (nSPS) is 18.9. The number of aromatic nitrogens is 4. The molecule has 160 valence electrons. The fourth-order valence-corrected chi connectivity index (χ4v) is 4.68. The van der Waals surface area contributed by atoms with Crippen LogP contribution in [0, 0.1) is 12.8 Å². The molecule has 1 fully saturated rings. The zero-order valence-corrected chi connectivity index (χ0v) is 17.3. The van der Waals surface area contributed by atoms with Gasteiger partial charge in [-0.05, 0) is 43.7 Å². The summed E-state index contributed by atoms with van der Waals surface area (Å²) in [5, 5.41) is 11.0. The van der Waals surface area contributed by atoms with Crippen molar-refractivity contribution in [2.24, 2.45) is 5.92 Å². The lowest BCUT2D eigenvalue weighted by Gasteiger charge is -2.31. The number of amides is 2. The molecule has 1 aliphatic carbocycles. The molecule has 0 saturated carbocycles. The molecule has 0 unspecified atom stereocenters. The van der Waals surface area contributed by atoms with E-state index in [-0.39, 0.29) is 40.5 Å². The number of fused-ring (bicyclic) bond motifs is 2. The van der Waals surface area contributed by atoms with Crippen LogP contribution < -0.4 is 10.9 Å². The topological polar surface area (TPSA) is 112 Å². The maximum absolute atomic E-state index is 13.0. The van der Waals surface area contributed by atoms with Gasteiger partial charge in [-0.1, -0.05) is 29.5 Å². The molecule has 3 heterocycles. The second-order valence-electron chi connectivity index (χ2n) is 8.36. The minimum absolute atomic E-state index is 0.0479. The molecule has 2 aliphatic rings. The van der Waals surface area contributed by atoms with Crippen LogP contribution in [0.5, 0.6) is 0 Å². The van der Waals surface area contributed by atoms with Gasteiger partial charge in [0.25, 0.3) is 11.5 Å². The molecular formula is C22H24N6O3. The first-order valence-electron chi connectivity index (χ1n) is 10.6. The third-order valence-corrected chi connectivity index (χ3v) is 6.34. The Morgan fingerprint density at radius 1 is 1.16 bits per heavy atom. The summed E-state index contributed by atoms with van der Waals surface area (Å²) >= 11 is 0. The molecule has 9 nitrogen and oxygen atoms in total. The highest BCUT2D eigenvalue weighted by molar-refractivity contribution is 5.98. The number of aromatic amines is 1. The third-order valence-electron chi connectivity index (χ3n) is 6.34. The summed E-state index contributed by atoms with van der Waals surface area (Å²) in [5.74, 6) is -0.400. The average Bonchev–Trinajstić information content (AvgIpc) is 3.38. The standard InChI is InChI=1S/C22H24N6O3/c1-13-12-28-19(21(30)23-13)18(25-26-28)22(31)27-10-8-15(9-11-27)20(29)24-17-7-6-14-4-2-3-5-16(14)17/h2-5,12,15,17H,6-11H2,1H3,(H,23,30)(H,24,29)/t17-/m1/s1. The van der Waals surface area contributed by atoms with E-state index in [9.17, 15) is 14.4 Å². The smallest absolute Gasteiger partial charge is 0.276 e. The van der Waals surface area contributed by atoms with Gasteiger partial charge in [0.2, 0.25) is 5.91 Å². The van der Waals surface area contributed by atoms with Crippen molar-refractivity contribution >= 4 is 17.3 Å². The van der Waals surface area contributed by atoms with Gasteiger partial charge in [0.1, 0.15) is 0 Å². The molecule has 3 aromatic rings. The van der Waals surface area contributed by atoms with E-state index in [0.717, 1.165) is 12.8 Å². The van der Waals surface area contributed by atoms with E-state index in [0.29, 0.717) is 31.6 Å². The lowest BCUT2D eigenvalue weighted by molar-refractivity contribution is -0.127. The van der Waals surface area contributed by atoms with Crippen LogP contribution in [-0.2, 0) is 11.2 Å². The second-order valence-corrected chi connectivity index (χ2v) is 8.36. The predicted molar refractivity (Wildman–Crippen MR) is 113 cm³/mol. The molecule has 0 radical (unpaired) electrons. The molecule has 5 rings (SSSR count). The number of hydrogen-bond acceptors (Lipinski definition) is 5. The lowest BCUT2D eigenvalue weighted by Crippen LogP contribution is -2.43. The number of likely N-dealkylation sites (tertiary alicyclic amines) is 1. The Morgan fingerprint density at radius 3 is 2.74 bits per heavy atom. The van der Waals surface area contributed by atoms with Gasteiger partial charge in [-0.3, -0.25) is 14.4 Å². The highest BCUT2D eigenvalue weighted by Crippen LogP contribution is 2.31. The zero-order chi connectivity index (χ0) is 21.5. The molecule has 1 aromatic carbocycles. The molecule has 1 atom stereocenters. The molecule has 31 heavy (non-hydrogen) atoms. The summed E-state index contributed by atoms with van der Waals surface area (Å²) in [6, 6.07) is 8.31. The van der Waals surface area contributed by atoms with Gasteiger partial charge >= 0.3 is 0 Å². The SMILES string of the molecule is Cc1cn2nnc(C(=O)N3CCC(C(=O)N[C@@H]4CCc5ccccc54)CC3)c2c(=O)[nH]1. The Morgan fingerprint density at radius 2 is 1.94 bits per heavy atom. The Labute approximate surface area is 178 Å². The number of aryl methyl sites for hydroxylation is 2. The number of benzene rings is 1. The minimum atomic E-state index is -0.389. The zero-order valence-electron chi connectivity index (χ0n) is 17.3. The minimum Gasteiger partial charge on any atom is -0.349 e. The Kier molecular flexibility index (Phi) is 4.80. The van der Waals surface area contributed by atoms with Gasteiger partial charge < -0.3 is 15.2 Å². The largest absolute Gasteiger partial charge is 0.349 e. The highest BCUT2D eigenvalue weighted by Gasteiger charge is 2.32. The molecular weight excluding hydrogens is 396 g/mol. The molecule has 2 amide bonds. The highest BCUT2D eigenvalue weighted by atomic mass is 16.2. The predicted octanol–water partition coefficient (Wildman–Crippen LogP) is 1.38. The van der Waals surface area contributed by atoms with Gasteiger partial charge in [-0.15, -0.1) is 5.10 Å². The van der Waals surface area contributed by atoms with E-state index >= 15 is 0 Å². The second kappa shape index (κ2) is 7.64. The van der Waals surface area contributed by atoms with Crippen LogP contribution in [0.25, 0.3) is 5.52 Å². The fraction of sp³-hybridized carbons (Fsp3) is 0.409. The fourth-order valence-electron chi connectivity index (χ4n) is 4.68. The van der Waals surface area contributed by atoms with Crippen LogP contribution in [0.4, 0.5) is 0 Å². The van der Waals surface area contributed by atoms with Gasteiger partial charge in [0, 0.05) is 24.7 Å². The maximum Gasteiger partial charge on any atom is 0.276 e. The number of carbonyl (C=O) groups excluding carboxylic acids is 2. The average molecular weight is 420 g/mol. The molecule has 0 bridgehead atoms. The van der Waals surface area contributed by atoms with Crippen molar-refractivity contribution in [3.05, 3.63) is 63.3 Å². The van der Waals surface area contributed by atoms with E-state index < -0.39 is 0 Å². The summed E-state index contributed by atoms with van der Waals surface area (Å²) in [6.45, 7) is 2.63. The molecule has 2 aromatic heterocycles. The van der Waals surface area contributed by atoms with Crippen molar-refractivity contribution in [2.75, 3.05) is 13.1 Å². The van der Waals surface area contributed by atoms with E-state index in [1.165, 1.54) is 15.6 Å². The molecule has 1 saturated heterocycles. The van der Waals surface area contributed by atoms with E-state index in [1.807, 2.05) is 12.1 Å². The van der Waals surface area contributed by atoms with Crippen molar-refractivity contribution in [3.8, 4) is 0 Å². The first-order chi connectivity index (χ1) is 15.0. The van der Waals surface area contributed by atoms with Crippen molar-refractivity contribution in [3.63, 3.8) is 0 Å². The van der Waals surface area contributed by atoms with Gasteiger partial charge in [-0.25, -0.2) is 4.52 Å². The summed E-state index contributed by atoms with van der Waals surface area (Å²) < 4.78 is 1.33. The van der Waals surface area contributed by atoms with Gasteiger partial charge in [-0.2, -0.15) is 0 Å². The summed E-state index contributed by atoms with van der Waals surface area (Å²) in [7, 11) is 0. The lowest BCUT2D eigenvalue weighted by atomic mass is 9.95. The Balaban J connectivity index is 1.23. The number of rotatable bonds is 3. The quantitative estimate of drug-likeness (QED) is 0.665. The molecule has 1 aliphatic heterocycles. The number of piperidine rings is 1. The van der Waals surface area contributed by atoms with E-state index in [1.54, 1.807) is 18.0 Å². The maximum atomic E-state index is 13.0. The van der Waals surface area contributed by atoms with E-state index in [2.05, 4.69) is 32.7 Å². The monoisotopic (exact) mass is 420 g/mol. The molecule has 2 N–H and O–H groups in total. The van der Waals surface area contributed by atoms with Crippen LogP contribution in [0.1, 0.15) is 52.6 Å². The van der Waals surface area contributed by atoms with Crippen LogP contribution in [0.2, 0.25) is 0 Å². The van der Waals surface area contributed by atoms with Crippen molar-refractivity contribution in [1.29, 1.82) is 0 Å². The van der Waals surface area contributed by atoms with Gasteiger partial charge in [0.15, 0.2) is 11.2 Å².